The van der Waals surface area contributed by atoms with Gasteiger partial charge in [-0.1, -0.05) is 29.8 Å². The molecule has 0 spiro atoms. The van der Waals surface area contributed by atoms with Gasteiger partial charge >= 0.3 is 0 Å². The van der Waals surface area contributed by atoms with Crippen molar-refractivity contribution in [3.05, 3.63) is 64.4 Å². The number of benzene rings is 2. The summed E-state index contributed by atoms with van der Waals surface area (Å²) in [6.45, 7) is 1.15. The number of β-amino-alcohol motifs (C(OH)–C–C–N with tert-alkyl or cyclic N) is 1. The second kappa shape index (κ2) is 7.85. The highest BCUT2D eigenvalue weighted by Gasteiger charge is 2.24. The molecule has 1 aliphatic rings. The summed E-state index contributed by atoms with van der Waals surface area (Å²) in [5.74, 6) is -0.524. The number of halogens is 2. The number of likely N-dealkylation sites (tertiary alicyclic amines) is 1. The van der Waals surface area contributed by atoms with Gasteiger partial charge in [-0.15, -0.1) is 0 Å². The molecule has 1 saturated heterocycles. The Labute approximate surface area is 151 Å². The lowest BCUT2D eigenvalue weighted by molar-refractivity contribution is 0.0474. The maximum absolute atomic E-state index is 13.9. The summed E-state index contributed by atoms with van der Waals surface area (Å²) in [5, 5.41) is 13.2. The average Bonchev–Trinajstić information content (AvgIpc) is 2.61. The van der Waals surface area contributed by atoms with E-state index in [9.17, 15) is 14.3 Å². The van der Waals surface area contributed by atoms with E-state index in [2.05, 4.69) is 5.32 Å². The van der Waals surface area contributed by atoms with Gasteiger partial charge in [-0.2, -0.15) is 0 Å². The van der Waals surface area contributed by atoms with Gasteiger partial charge in [0.2, 0.25) is 0 Å². The molecule has 6 heteroatoms. The third kappa shape index (κ3) is 4.11. The Kier molecular flexibility index (Phi) is 5.56. The molecule has 132 valence electrons. The highest BCUT2D eigenvalue weighted by molar-refractivity contribution is 6.31. The van der Waals surface area contributed by atoms with E-state index in [-0.39, 0.29) is 18.3 Å². The molecule has 1 atom stereocenters. The Morgan fingerprint density at radius 1 is 1.28 bits per heavy atom. The normalized spacial score (nSPS) is 17.4. The van der Waals surface area contributed by atoms with E-state index >= 15 is 0 Å². The molecule has 4 nitrogen and oxygen atoms in total. The summed E-state index contributed by atoms with van der Waals surface area (Å²) in [6.07, 6.45) is 1.03. The summed E-state index contributed by atoms with van der Waals surface area (Å²) >= 11 is 6.05. The Morgan fingerprint density at radius 2 is 2.08 bits per heavy atom. The molecular weight excluding hydrogens is 343 g/mol. The van der Waals surface area contributed by atoms with Gasteiger partial charge in [-0.05, 0) is 37.1 Å². The van der Waals surface area contributed by atoms with Crippen LogP contribution < -0.4 is 5.32 Å². The van der Waals surface area contributed by atoms with Gasteiger partial charge < -0.3 is 15.3 Å². The fraction of sp³-hybridized carbons (Fsp3) is 0.316. The molecule has 2 aromatic carbocycles. The van der Waals surface area contributed by atoms with Gasteiger partial charge in [-0.25, -0.2) is 4.39 Å². The van der Waals surface area contributed by atoms with Crippen molar-refractivity contribution in [2.45, 2.75) is 25.5 Å². The Morgan fingerprint density at radius 3 is 2.84 bits per heavy atom. The van der Waals surface area contributed by atoms with Crippen LogP contribution in [0.2, 0.25) is 5.02 Å². The third-order valence-electron chi connectivity index (χ3n) is 4.36. The number of rotatable bonds is 4. The minimum Gasteiger partial charge on any atom is -0.391 e. The number of nitrogens with one attached hydrogen (secondary N) is 1. The largest absolute Gasteiger partial charge is 0.391 e. The second-order valence-corrected chi connectivity index (χ2v) is 6.55. The van der Waals surface area contributed by atoms with Crippen molar-refractivity contribution in [3.63, 3.8) is 0 Å². The number of carbonyl (C=O) groups excluding carboxylic acids is 1. The molecule has 2 N–H and O–H groups in total. The number of anilines is 1. The molecule has 1 fully saturated rings. The van der Waals surface area contributed by atoms with Crippen LogP contribution in [0.4, 0.5) is 10.1 Å². The van der Waals surface area contributed by atoms with Gasteiger partial charge in [0.15, 0.2) is 0 Å². The number of nitrogens with zero attached hydrogens (tertiary/aromatic N) is 1. The fourth-order valence-corrected chi connectivity index (χ4v) is 3.25. The summed E-state index contributed by atoms with van der Waals surface area (Å²) in [4.78, 5) is 14.4. The van der Waals surface area contributed by atoms with Gasteiger partial charge in [0.1, 0.15) is 5.82 Å². The maximum Gasteiger partial charge on any atom is 0.256 e. The number of aliphatic hydroxyl groups excluding tert-OH is 1. The lowest BCUT2D eigenvalue weighted by Crippen LogP contribution is -2.42. The first-order valence-electron chi connectivity index (χ1n) is 8.29. The number of amides is 1. The van der Waals surface area contributed by atoms with Crippen LogP contribution in [-0.2, 0) is 6.54 Å². The molecule has 0 radical (unpaired) electrons. The predicted octanol–water partition coefficient (Wildman–Crippen LogP) is 3.69. The molecule has 0 aromatic heterocycles. The van der Waals surface area contributed by atoms with E-state index in [1.54, 1.807) is 35.2 Å². The SMILES string of the molecule is O=C(c1ccccc1NCc1c(F)cccc1Cl)N1CCC[C@@H](O)C1. The van der Waals surface area contributed by atoms with Crippen LogP contribution in [0.25, 0.3) is 0 Å². The number of piperidine rings is 1. The summed E-state index contributed by atoms with van der Waals surface area (Å²) < 4.78 is 13.9. The first-order valence-corrected chi connectivity index (χ1v) is 8.67. The molecule has 0 aliphatic carbocycles. The zero-order valence-corrected chi connectivity index (χ0v) is 14.5. The van der Waals surface area contributed by atoms with E-state index < -0.39 is 6.10 Å². The van der Waals surface area contributed by atoms with Crippen LogP contribution in [0.5, 0.6) is 0 Å². The van der Waals surface area contributed by atoms with Crippen molar-refractivity contribution in [1.29, 1.82) is 0 Å². The van der Waals surface area contributed by atoms with Gasteiger partial charge in [0.05, 0.1) is 11.7 Å². The molecule has 2 aromatic rings. The zero-order chi connectivity index (χ0) is 17.8. The number of para-hydroxylation sites is 1. The average molecular weight is 363 g/mol. The van der Waals surface area contributed by atoms with E-state index in [1.807, 2.05) is 6.07 Å². The smallest absolute Gasteiger partial charge is 0.256 e. The fourth-order valence-electron chi connectivity index (χ4n) is 3.02. The molecule has 3 rings (SSSR count). The van der Waals surface area contributed by atoms with Crippen LogP contribution in [0.3, 0.4) is 0 Å². The predicted molar refractivity (Wildman–Crippen MR) is 96.3 cm³/mol. The highest BCUT2D eigenvalue weighted by Crippen LogP contribution is 2.23. The van der Waals surface area contributed by atoms with Crippen molar-refractivity contribution in [2.24, 2.45) is 0 Å². The van der Waals surface area contributed by atoms with Crippen LogP contribution in [0.15, 0.2) is 42.5 Å². The van der Waals surface area contributed by atoms with E-state index in [0.29, 0.717) is 34.9 Å². The molecule has 0 saturated carbocycles. The second-order valence-electron chi connectivity index (χ2n) is 6.15. The summed E-state index contributed by atoms with van der Waals surface area (Å²) in [7, 11) is 0. The lowest BCUT2D eigenvalue weighted by atomic mass is 10.1. The molecule has 0 unspecified atom stereocenters. The number of aliphatic hydroxyl groups is 1. The van der Waals surface area contributed by atoms with E-state index in [0.717, 1.165) is 12.8 Å². The summed E-state index contributed by atoms with van der Waals surface area (Å²) in [6, 6.07) is 11.7. The van der Waals surface area contributed by atoms with Crippen LogP contribution in [-0.4, -0.2) is 35.1 Å². The molecule has 25 heavy (non-hydrogen) atoms. The summed E-state index contributed by atoms with van der Waals surface area (Å²) in [5.41, 5.74) is 1.48. The molecule has 1 aliphatic heterocycles. The van der Waals surface area contributed by atoms with Crippen molar-refractivity contribution < 1.29 is 14.3 Å². The maximum atomic E-state index is 13.9. The number of hydrogen-bond donors (Lipinski definition) is 2. The monoisotopic (exact) mass is 362 g/mol. The zero-order valence-electron chi connectivity index (χ0n) is 13.7. The van der Waals surface area contributed by atoms with Crippen LogP contribution in [0, 0.1) is 5.82 Å². The first-order chi connectivity index (χ1) is 12.1. The Hall–Kier alpha value is -2.11. The lowest BCUT2D eigenvalue weighted by Gasteiger charge is -2.30. The highest BCUT2D eigenvalue weighted by atomic mass is 35.5. The van der Waals surface area contributed by atoms with E-state index in [1.165, 1.54) is 6.07 Å². The minimum atomic E-state index is -0.477. The molecule has 1 amide bonds. The van der Waals surface area contributed by atoms with Gasteiger partial charge in [0.25, 0.3) is 5.91 Å². The van der Waals surface area contributed by atoms with Crippen molar-refractivity contribution in [1.82, 2.24) is 4.90 Å². The topological polar surface area (TPSA) is 52.6 Å². The molecular formula is C19H20ClFN2O2. The first kappa shape index (κ1) is 17.7. The Bertz CT molecular complexity index is 749. The standard InChI is InChI=1S/C19H20ClFN2O2/c20-16-7-3-8-17(21)15(16)11-22-18-9-2-1-6-14(18)19(25)23-10-4-5-13(24)12-23/h1-3,6-9,13,22,24H,4-5,10-12H2/t13-/m1/s1. The van der Waals surface area contributed by atoms with Crippen LogP contribution >= 0.6 is 11.6 Å². The number of hydrogen-bond acceptors (Lipinski definition) is 3. The quantitative estimate of drug-likeness (QED) is 0.872. The number of carbonyl (C=O) groups is 1. The van der Waals surface area contributed by atoms with Crippen molar-refractivity contribution >= 4 is 23.2 Å². The third-order valence-corrected chi connectivity index (χ3v) is 4.71. The van der Waals surface area contributed by atoms with Gasteiger partial charge in [-0.3, -0.25) is 4.79 Å². The van der Waals surface area contributed by atoms with Gasteiger partial charge in [0, 0.05) is 35.9 Å². The van der Waals surface area contributed by atoms with E-state index in [4.69, 9.17) is 11.6 Å². The van der Waals surface area contributed by atoms with Crippen molar-refractivity contribution in [3.8, 4) is 0 Å². The Balaban J connectivity index is 1.78. The minimum absolute atomic E-state index is 0.138. The molecule has 0 bridgehead atoms. The van der Waals surface area contributed by atoms with Crippen LogP contribution in [0.1, 0.15) is 28.8 Å². The van der Waals surface area contributed by atoms with Crippen molar-refractivity contribution in [2.75, 3.05) is 18.4 Å². The molecule has 1 heterocycles.